The van der Waals surface area contributed by atoms with Crippen molar-refractivity contribution in [1.29, 1.82) is 0 Å². The maximum Gasteiger partial charge on any atom is 0.305 e. The van der Waals surface area contributed by atoms with E-state index in [1.54, 1.807) is 48.5 Å². The van der Waals surface area contributed by atoms with E-state index in [1.165, 1.54) is 16.7 Å². The van der Waals surface area contributed by atoms with Crippen molar-refractivity contribution in [1.82, 2.24) is 4.98 Å². The number of carbonyl (C=O) groups is 2. The summed E-state index contributed by atoms with van der Waals surface area (Å²) in [6, 6.07) is 13.1. The van der Waals surface area contributed by atoms with Crippen LogP contribution in [-0.4, -0.2) is 27.2 Å². The average Bonchev–Trinajstić information content (AvgIpc) is 3.19. The van der Waals surface area contributed by atoms with E-state index in [2.05, 4.69) is 4.98 Å². The number of anilines is 1. The number of thiazole rings is 1. The monoisotopic (exact) mass is 444 g/mol. The molecule has 0 spiro atoms. The molecule has 2 amide bonds. The number of benzene rings is 2. The zero-order chi connectivity index (χ0) is 20.3. The van der Waals surface area contributed by atoms with Crippen molar-refractivity contribution in [2.75, 3.05) is 4.90 Å². The molecule has 29 heavy (non-hydrogen) atoms. The third kappa shape index (κ3) is 2.90. The fourth-order valence-corrected chi connectivity index (χ4v) is 6.54. The van der Waals surface area contributed by atoms with E-state index in [9.17, 15) is 19.5 Å². The largest absolute Gasteiger partial charge is 0.508 e. The number of rotatable bonds is 2. The topological polar surface area (TPSA) is 90.5 Å². The molecule has 1 saturated heterocycles. The van der Waals surface area contributed by atoms with E-state index >= 15 is 0 Å². The number of phenolic OH excluding ortho intramolecular Hbond substituents is 1. The third-order valence-corrected chi connectivity index (χ3v) is 7.81. The zero-order valence-electron chi connectivity index (χ0n) is 14.7. The number of aromatic amines is 1. The molecule has 1 aromatic heterocycles. The first-order chi connectivity index (χ1) is 13.9. The van der Waals surface area contributed by atoms with Crippen molar-refractivity contribution in [3.05, 3.63) is 73.7 Å². The number of hydrogen-bond acceptors (Lipinski definition) is 6. The van der Waals surface area contributed by atoms with Gasteiger partial charge < -0.3 is 10.1 Å². The van der Waals surface area contributed by atoms with Crippen LogP contribution < -0.4 is 9.77 Å². The van der Waals surface area contributed by atoms with Gasteiger partial charge in [-0.2, -0.15) is 0 Å². The van der Waals surface area contributed by atoms with Crippen LogP contribution in [0.5, 0.6) is 5.75 Å². The molecular weight excluding hydrogens is 432 g/mol. The first-order valence-corrected chi connectivity index (χ1v) is 10.8. The number of phenols is 1. The third-order valence-electron chi connectivity index (χ3n) is 5.16. The van der Waals surface area contributed by atoms with Gasteiger partial charge in [-0.25, -0.2) is 4.90 Å². The SMILES string of the molecule is O=C1C2Sc3[nH]c(=O)sc3[C@H](c3ccc(O)cc3)C2C(=O)N1c1ccc(Cl)cc1. The maximum absolute atomic E-state index is 13.4. The molecule has 1 fully saturated rings. The molecule has 9 heteroatoms. The Bertz CT molecular complexity index is 1190. The van der Waals surface area contributed by atoms with Gasteiger partial charge in [0, 0.05) is 15.8 Å². The minimum atomic E-state index is -0.647. The number of halogens is 1. The number of fused-ring (bicyclic) bond motifs is 2. The zero-order valence-corrected chi connectivity index (χ0v) is 17.1. The number of aromatic nitrogens is 1. The molecule has 0 bridgehead atoms. The molecule has 2 aliphatic heterocycles. The lowest BCUT2D eigenvalue weighted by Gasteiger charge is -2.29. The summed E-state index contributed by atoms with van der Waals surface area (Å²) in [6.07, 6.45) is 0. The number of aromatic hydroxyl groups is 1. The Kier molecular flexibility index (Phi) is 4.31. The van der Waals surface area contributed by atoms with Crippen LogP contribution in [0.4, 0.5) is 5.69 Å². The fourth-order valence-electron chi connectivity index (χ4n) is 3.90. The van der Waals surface area contributed by atoms with Gasteiger partial charge >= 0.3 is 4.87 Å². The highest BCUT2D eigenvalue weighted by molar-refractivity contribution is 8.00. The van der Waals surface area contributed by atoms with Crippen LogP contribution in [0.3, 0.4) is 0 Å². The Morgan fingerprint density at radius 1 is 0.966 bits per heavy atom. The summed E-state index contributed by atoms with van der Waals surface area (Å²) in [5, 5.41) is 10.1. The van der Waals surface area contributed by atoms with Crippen LogP contribution in [-0.2, 0) is 9.59 Å². The molecule has 0 aliphatic carbocycles. The highest BCUT2D eigenvalue weighted by Crippen LogP contribution is 2.53. The van der Waals surface area contributed by atoms with Gasteiger partial charge in [-0.3, -0.25) is 14.4 Å². The van der Waals surface area contributed by atoms with Gasteiger partial charge in [-0.1, -0.05) is 46.8 Å². The Morgan fingerprint density at radius 2 is 1.66 bits per heavy atom. The first-order valence-electron chi connectivity index (χ1n) is 8.76. The molecule has 3 atom stereocenters. The molecule has 2 aliphatic rings. The number of carbonyl (C=O) groups excluding carboxylic acids is 2. The number of nitrogens with one attached hydrogen (secondary N) is 1. The van der Waals surface area contributed by atoms with E-state index < -0.39 is 17.1 Å². The van der Waals surface area contributed by atoms with Crippen LogP contribution in [0.25, 0.3) is 0 Å². The van der Waals surface area contributed by atoms with Crippen LogP contribution in [0.15, 0.2) is 58.4 Å². The molecule has 0 radical (unpaired) electrons. The Morgan fingerprint density at radius 3 is 2.34 bits per heavy atom. The summed E-state index contributed by atoms with van der Waals surface area (Å²) < 4.78 is 0. The van der Waals surface area contributed by atoms with E-state index in [0.717, 1.165) is 21.8 Å². The quantitative estimate of drug-likeness (QED) is 0.589. The summed E-state index contributed by atoms with van der Waals surface area (Å²) in [6.45, 7) is 0. The Hall–Kier alpha value is -2.55. The number of amides is 2. The number of nitrogens with zero attached hydrogens (tertiary/aromatic N) is 1. The number of hydrogen-bond donors (Lipinski definition) is 2. The Labute approximate surface area is 178 Å². The van der Waals surface area contributed by atoms with Crippen LogP contribution >= 0.6 is 34.7 Å². The van der Waals surface area contributed by atoms with Crippen LogP contribution in [0.2, 0.25) is 5.02 Å². The molecule has 146 valence electrons. The van der Waals surface area contributed by atoms with Crippen molar-refractivity contribution in [3.63, 3.8) is 0 Å². The van der Waals surface area contributed by atoms with Crippen molar-refractivity contribution in [3.8, 4) is 5.75 Å². The maximum atomic E-state index is 13.4. The lowest BCUT2D eigenvalue weighted by molar-refractivity contribution is -0.122. The second-order valence-electron chi connectivity index (χ2n) is 6.83. The van der Waals surface area contributed by atoms with Crippen molar-refractivity contribution < 1.29 is 14.7 Å². The molecule has 3 heterocycles. The highest BCUT2D eigenvalue weighted by atomic mass is 35.5. The van der Waals surface area contributed by atoms with Gasteiger partial charge in [0.05, 0.1) is 16.6 Å². The fraction of sp³-hybridized carbons (Fsp3) is 0.150. The first kappa shape index (κ1) is 18.5. The number of H-pyrrole nitrogens is 1. The molecular formula is C20H13ClN2O4S2. The number of thioether (sulfide) groups is 1. The highest BCUT2D eigenvalue weighted by Gasteiger charge is 2.56. The molecule has 0 saturated carbocycles. The molecule has 2 unspecified atom stereocenters. The summed E-state index contributed by atoms with van der Waals surface area (Å²) in [7, 11) is 0. The van der Waals surface area contributed by atoms with Gasteiger partial charge in [0.2, 0.25) is 11.8 Å². The number of imide groups is 1. The van der Waals surface area contributed by atoms with Crippen molar-refractivity contribution >= 4 is 52.2 Å². The normalized spacial score (nSPS) is 23.2. The van der Waals surface area contributed by atoms with E-state index in [1.807, 2.05) is 0 Å². The summed E-state index contributed by atoms with van der Waals surface area (Å²) in [5.41, 5.74) is 1.24. The van der Waals surface area contributed by atoms with E-state index in [4.69, 9.17) is 11.6 Å². The van der Waals surface area contributed by atoms with Crippen molar-refractivity contribution in [2.45, 2.75) is 16.2 Å². The van der Waals surface area contributed by atoms with E-state index in [0.29, 0.717) is 15.7 Å². The lowest BCUT2D eigenvalue weighted by atomic mass is 9.83. The smallest absolute Gasteiger partial charge is 0.305 e. The van der Waals surface area contributed by atoms with Gasteiger partial charge in [-0.15, -0.1) is 0 Å². The second-order valence-corrected chi connectivity index (χ2v) is 9.43. The predicted octanol–water partition coefficient (Wildman–Crippen LogP) is 3.59. The second kappa shape index (κ2) is 6.76. The average molecular weight is 445 g/mol. The van der Waals surface area contributed by atoms with Crippen LogP contribution in [0, 0.1) is 5.92 Å². The van der Waals surface area contributed by atoms with Crippen molar-refractivity contribution in [2.24, 2.45) is 5.92 Å². The summed E-state index contributed by atoms with van der Waals surface area (Å²) in [4.78, 5) is 43.2. The predicted molar refractivity (Wildman–Crippen MR) is 112 cm³/mol. The minimum Gasteiger partial charge on any atom is -0.508 e. The molecule has 3 aromatic rings. The molecule has 2 N–H and O–H groups in total. The standard InChI is InChI=1S/C20H13ClN2O4S2/c21-10-3-5-11(6-4-10)23-18(25)14-13(9-1-7-12(24)8-2-9)15-17(22-20(27)29-15)28-16(14)19(23)26/h1-8,13-14,16,24H,(H,22,27)/t13-,14?,16?/m1/s1. The van der Waals surface area contributed by atoms with Gasteiger partial charge in [0.15, 0.2) is 0 Å². The summed E-state index contributed by atoms with van der Waals surface area (Å²) >= 11 is 8.23. The minimum absolute atomic E-state index is 0.106. The molecule has 6 nitrogen and oxygen atoms in total. The van der Waals surface area contributed by atoms with Gasteiger partial charge in [0.25, 0.3) is 0 Å². The van der Waals surface area contributed by atoms with Gasteiger partial charge in [-0.05, 0) is 42.0 Å². The molecule has 5 rings (SSSR count). The van der Waals surface area contributed by atoms with Gasteiger partial charge in [0.1, 0.15) is 11.0 Å². The lowest BCUT2D eigenvalue weighted by Crippen LogP contribution is -2.32. The molecule has 2 aromatic carbocycles. The summed E-state index contributed by atoms with van der Waals surface area (Å²) in [5.74, 6) is -1.61. The van der Waals surface area contributed by atoms with Crippen LogP contribution in [0.1, 0.15) is 16.4 Å². The Balaban J connectivity index is 1.64. The van der Waals surface area contributed by atoms with E-state index in [-0.39, 0.29) is 22.4 Å².